The Balaban J connectivity index is 2.30. The maximum absolute atomic E-state index is 13.4. The first kappa shape index (κ1) is 11.6. The van der Waals surface area contributed by atoms with Gasteiger partial charge in [0.2, 0.25) is 5.95 Å². The molecule has 3 rings (SSSR count). The van der Waals surface area contributed by atoms with Gasteiger partial charge in [-0.3, -0.25) is 5.10 Å². The number of pyridine rings is 2. The fourth-order valence-electron chi connectivity index (χ4n) is 1.66. The van der Waals surface area contributed by atoms with Crippen LogP contribution < -0.4 is 0 Å². The fraction of sp³-hybridized carbons (Fsp3) is 0. The molecule has 3 heterocycles. The molecular weight excluding hydrogens is 323 g/mol. The van der Waals surface area contributed by atoms with Crippen LogP contribution in [0.5, 0.6) is 0 Å². The molecule has 0 spiro atoms. The molecule has 3 aromatic rings. The average Bonchev–Trinajstić information content (AvgIpc) is 2.79. The third-order valence-corrected chi connectivity index (χ3v) is 3.24. The van der Waals surface area contributed by atoms with Crippen LogP contribution in [0, 0.1) is 5.95 Å². The van der Waals surface area contributed by atoms with Gasteiger partial charge >= 0.3 is 0 Å². The van der Waals surface area contributed by atoms with Gasteiger partial charge in [-0.1, -0.05) is 11.6 Å². The third kappa shape index (κ3) is 1.87. The Labute approximate surface area is 114 Å². The predicted octanol–water partition coefficient (Wildman–Crippen LogP) is 3.57. The molecule has 3 aromatic heterocycles. The Morgan fingerprint density at radius 3 is 2.89 bits per heavy atom. The van der Waals surface area contributed by atoms with E-state index in [1.165, 1.54) is 0 Å². The lowest BCUT2D eigenvalue weighted by atomic mass is 10.2. The predicted molar refractivity (Wildman–Crippen MR) is 69.8 cm³/mol. The van der Waals surface area contributed by atoms with Crippen molar-refractivity contribution in [2.75, 3.05) is 0 Å². The standard InChI is InChI=1S/C11H5BrClFN4/c12-6-1-2-7(16-11(6)14)10-5-4-15-18-8(5)3-9(13)17-10/h1-4H,(H,15,18). The molecule has 90 valence electrons. The fourth-order valence-corrected chi connectivity index (χ4v) is 2.07. The molecule has 0 saturated carbocycles. The zero-order valence-electron chi connectivity index (χ0n) is 8.78. The molecule has 0 aliphatic rings. The Hall–Kier alpha value is -1.53. The van der Waals surface area contributed by atoms with Crippen molar-refractivity contribution in [3.63, 3.8) is 0 Å². The molecule has 0 radical (unpaired) electrons. The van der Waals surface area contributed by atoms with Crippen molar-refractivity contribution in [3.05, 3.63) is 40.0 Å². The molecule has 0 aliphatic carbocycles. The highest BCUT2D eigenvalue weighted by Crippen LogP contribution is 2.27. The molecule has 4 nitrogen and oxygen atoms in total. The summed E-state index contributed by atoms with van der Waals surface area (Å²) in [6.07, 6.45) is 1.61. The van der Waals surface area contributed by atoms with Crippen molar-refractivity contribution in [2.24, 2.45) is 0 Å². The lowest BCUT2D eigenvalue weighted by Crippen LogP contribution is -1.92. The molecule has 0 amide bonds. The molecule has 0 aromatic carbocycles. The second-order valence-electron chi connectivity index (χ2n) is 3.59. The second-order valence-corrected chi connectivity index (χ2v) is 4.84. The number of hydrogen-bond acceptors (Lipinski definition) is 3. The summed E-state index contributed by atoms with van der Waals surface area (Å²) < 4.78 is 13.8. The zero-order chi connectivity index (χ0) is 12.7. The summed E-state index contributed by atoms with van der Waals surface area (Å²) in [5, 5.41) is 7.75. The number of H-pyrrole nitrogens is 1. The maximum atomic E-state index is 13.4. The van der Waals surface area contributed by atoms with E-state index in [0.717, 1.165) is 10.9 Å². The first-order chi connectivity index (χ1) is 8.65. The van der Waals surface area contributed by atoms with Crippen molar-refractivity contribution < 1.29 is 4.39 Å². The molecule has 1 N–H and O–H groups in total. The van der Waals surface area contributed by atoms with Crippen molar-refractivity contribution in [3.8, 4) is 11.4 Å². The van der Waals surface area contributed by atoms with Gasteiger partial charge in [0.15, 0.2) is 0 Å². The van der Waals surface area contributed by atoms with Crippen LogP contribution in [0.15, 0.2) is 28.9 Å². The number of hydrogen-bond donors (Lipinski definition) is 1. The number of aromatic nitrogens is 4. The lowest BCUT2D eigenvalue weighted by Gasteiger charge is -2.03. The molecule has 0 bridgehead atoms. The van der Waals surface area contributed by atoms with Gasteiger partial charge < -0.3 is 0 Å². The first-order valence-corrected chi connectivity index (χ1v) is 6.14. The summed E-state index contributed by atoms with van der Waals surface area (Å²) in [5.41, 5.74) is 1.64. The Kier molecular flexibility index (Phi) is 2.76. The van der Waals surface area contributed by atoms with Crippen LogP contribution >= 0.6 is 27.5 Å². The number of nitrogens with one attached hydrogen (secondary N) is 1. The van der Waals surface area contributed by atoms with E-state index in [0.29, 0.717) is 21.0 Å². The number of aromatic amines is 1. The van der Waals surface area contributed by atoms with Crippen LogP contribution in [0.2, 0.25) is 5.15 Å². The van der Waals surface area contributed by atoms with Crippen LogP contribution in [0.3, 0.4) is 0 Å². The Bertz CT molecular complexity index is 743. The van der Waals surface area contributed by atoms with Gasteiger partial charge in [0.05, 0.1) is 21.9 Å². The monoisotopic (exact) mass is 326 g/mol. The number of fused-ring (bicyclic) bond motifs is 1. The van der Waals surface area contributed by atoms with E-state index >= 15 is 0 Å². The van der Waals surface area contributed by atoms with Gasteiger partial charge in [0.25, 0.3) is 0 Å². The first-order valence-electron chi connectivity index (χ1n) is 4.97. The molecule has 0 saturated heterocycles. The van der Waals surface area contributed by atoms with Gasteiger partial charge in [-0.05, 0) is 28.1 Å². The van der Waals surface area contributed by atoms with E-state index in [9.17, 15) is 4.39 Å². The third-order valence-electron chi connectivity index (χ3n) is 2.45. The number of halogens is 3. The minimum absolute atomic E-state index is 0.298. The highest BCUT2D eigenvalue weighted by Gasteiger charge is 2.12. The van der Waals surface area contributed by atoms with Gasteiger partial charge in [-0.15, -0.1) is 0 Å². The molecule has 18 heavy (non-hydrogen) atoms. The second kappa shape index (κ2) is 4.29. The van der Waals surface area contributed by atoms with Crippen molar-refractivity contribution >= 4 is 38.4 Å². The molecule has 0 atom stereocenters. The highest BCUT2D eigenvalue weighted by atomic mass is 79.9. The zero-order valence-corrected chi connectivity index (χ0v) is 11.1. The molecule has 0 fully saturated rings. The Morgan fingerprint density at radius 2 is 2.11 bits per heavy atom. The van der Waals surface area contributed by atoms with Gasteiger partial charge in [0, 0.05) is 11.5 Å². The quantitative estimate of drug-likeness (QED) is 0.695. The summed E-state index contributed by atoms with van der Waals surface area (Å²) in [6, 6.07) is 4.90. The SMILES string of the molecule is Fc1nc(-c2nc(Cl)cc3[nH]ncc23)ccc1Br. The minimum atomic E-state index is -0.592. The summed E-state index contributed by atoms with van der Waals surface area (Å²) in [4.78, 5) is 8.01. The number of rotatable bonds is 1. The van der Waals surface area contributed by atoms with Crippen LogP contribution in [0.1, 0.15) is 0 Å². The van der Waals surface area contributed by atoms with Crippen LogP contribution in [0.25, 0.3) is 22.3 Å². The molecule has 0 aliphatic heterocycles. The van der Waals surface area contributed by atoms with Crippen molar-refractivity contribution in [1.29, 1.82) is 0 Å². The van der Waals surface area contributed by atoms with Crippen LogP contribution in [-0.2, 0) is 0 Å². The number of nitrogens with zero attached hydrogens (tertiary/aromatic N) is 3. The lowest BCUT2D eigenvalue weighted by molar-refractivity contribution is 0.578. The summed E-state index contributed by atoms with van der Waals surface area (Å²) in [6.45, 7) is 0. The van der Waals surface area contributed by atoms with Gasteiger partial charge in [-0.2, -0.15) is 9.49 Å². The Morgan fingerprint density at radius 1 is 1.28 bits per heavy atom. The van der Waals surface area contributed by atoms with Crippen molar-refractivity contribution in [1.82, 2.24) is 20.2 Å². The van der Waals surface area contributed by atoms with Crippen molar-refractivity contribution in [2.45, 2.75) is 0 Å². The minimum Gasteiger partial charge on any atom is -0.278 e. The summed E-state index contributed by atoms with van der Waals surface area (Å²) in [7, 11) is 0. The molecular formula is C11H5BrClFN4. The maximum Gasteiger partial charge on any atom is 0.227 e. The van der Waals surface area contributed by atoms with Crippen LogP contribution in [0.4, 0.5) is 4.39 Å². The summed E-state index contributed by atoms with van der Waals surface area (Å²) in [5.74, 6) is -0.592. The van der Waals surface area contributed by atoms with Crippen LogP contribution in [-0.4, -0.2) is 20.2 Å². The van der Waals surface area contributed by atoms with E-state index in [-0.39, 0.29) is 0 Å². The van der Waals surface area contributed by atoms with E-state index in [1.807, 2.05) is 0 Å². The van der Waals surface area contributed by atoms with E-state index in [4.69, 9.17) is 11.6 Å². The smallest absolute Gasteiger partial charge is 0.227 e. The molecule has 7 heteroatoms. The highest BCUT2D eigenvalue weighted by molar-refractivity contribution is 9.10. The summed E-state index contributed by atoms with van der Waals surface area (Å²) >= 11 is 8.97. The topological polar surface area (TPSA) is 54.5 Å². The van der Waals surface area contributed by atoms with E-state index in [2.05, 4.69) is 36.1 Å². The largest absolute Gasteiger partial charge is 0.278 e. The van der Waals surface area contributed by atoms with E-state index in [1.54, 1.807) is 24.4 Å². The normalized spacial score (nSPS) is 11.1. The van der Waals surface area contributed by atoms with Gasteiger partial charge in [-0.25, -0.2) is 9.97 Å². The average molecular weight is 328 g/mol. The van der Waals surface area contributed by atoms with E-state index < -0.39 is 5.95 Å². The molecule has 0 unspecified atom stereocenters. The van der Waals surface area contributed by atoms with Gasteiger partial charge in [0.1, 0.15) is 10.8 Å².